The zero-order chi connectivity index (χ0) is 7.40. The molecule has 0 aromatic heterocycles. The number of allylic oxidation sites excluding steroid dienone is 1. The lowest BCUT2D eigenvalue weighted by Crippen LogP contribution is -1.80. The Bertz CT molecular complexity index is 124. The summed E-state index contributed by atoms with van der Waals surface area (Å²) in [4.78, 5) is 0. The van der Waals surface area contributed by atoms with E-state index in [4.69, 9.17) is 0 Å². The number of thiol groups is 2. The minimum Gasteiger partial charge on any atom is -0.137 e. The Balaban J connectivity index is 2.51. The standard InChI is InChI=1S/C8H14S2/c9-8(10)7-5-3-1-2-4-6-7/h9-10H,1-6H2. The van der Waals surface area contributed by atoms with Crippen LogP contribution in [0, 0.1) is 0 Å². The third kappa shape index (κ3) is 2.59. The van der Waals surface area contributed by atoms with E-state index in [0.29, 0.717) is 0 Å². The Kier molecular flexibility index (Phi) is 3.71. The van der Waals surface area contributed by atoms with Gasteiger partial charge in [0.15, 0.2) is 0 Å². The van der Waals surface area contributed by atoms with Crippen molar-refractivity contribution >= 4 is 25.3 Å². The molecular formula is C8H14S2. The van der Waals surface area contributed by atoms with Gasteiger partial charge in [-0.05, 0) is 25.7 Å². The van der Waals surface area contributed by atoms with Crippen molar-refractivity contribution in [3.8, 4) is 0 Å². The van der Waals surface area contributed by atoms with Crippen LogP contribution in [0.5, 0.6) is 0 Å². The highest BCUT2D eigenvalue weighted by Gasteiger charge is 2.05. The molecule has 0 amide bonds. The van der Waals surface area contributed by atoms with Crippen molar-refractivity contribution < 1.29 is 0 Å². The van der Waals surface area contributed by atoms with Crippen LogP contribution in [0.25, 0.3) is 0 Å². The van der Waals surface area contributed by atoms with Crippen molar-refractivity contribution in [2.75, 3.05) is 0 Å². The average molecular weight is 174 g/mol. The fourth-order valence-electron chi connectivity index (χ4n) is 1.38. The fraction of sp³-hybridized carbons (Fsp3) is 0.750. The van der Waals surface area contributed by atoms with Crippen LogP contribution in [0.4, 0.5) is 0 Å². The third-order valence-corrected chi connectivity index (χ3v) is 2.66. The average Bonchev–Trinajstić information content (AvgIpc) is 2.12. The number of hydrogen-bond acceptors (Lipinski definition) is 2. The highest BCUT2D eigenvalue weighted by atomic mass is 32.2. The summed E-state index contributed by atoms with van der Waals surface area (Å²) < 4.78 is 0.960. The highest BCUT2D eigenvalue weighted by Crippen LogP contribution is 2.27. The molecule has 1 aliphatic carbocycles. The lowest BCUT2D eigenvalue weighted by atomic mass is 10.1. The summed E-state index contributed by atoms with van der Waals surface area (Å²) in [7, 11) is 0. The second kappa shape index (κ2) is 4.35. The van der Waals surface area contributed by atoms with Gasteiger partial charge in [-0.2, -0.15) is 0 Å². The smallest absolute Gasteiger partial charge is 0.0331 e. The van der Waals surface area contributed by atoms with Crippen molar-refractivity contribution in [2.24, 2.45) is 0 Å². The van der Waals surface area contributed by atoms with Crippen LogP contribution in [0.3, 0.4) is 0 Å². The third-order valence-electron chi connectivity index (χ3n) is 2.02. The molecule has 0 aromatic carbocycles. The largest absolute Gasteiger partial charge is 0.137 e. The molecule has 0 heterocycles. The zero-order valence-electron chi connectivity index (χ0n) is 6.14. The lowest BCUT2D eigenvalue weighted by molar-refractivity contribution is 0.702. The minimum absolute atomic E-state index is 0.960. The molecule has 2 heteroatoms. The molecule has 58 valence electrons. The zero-order valence-corrected chi connectivity index (χ0v) is 7.93. The maximum Gasteiger partial charge on any atom is 0.0331 e. The molecule has 1 aliphatic rings. The summed E-state index contributed by atoms with van der Waals surface area (Å²) in [6.45, 7) is 0. The van der Waals surface area contributed by atoms with Gasteiger partial charge in [-0.25, -0.2) is 0 Å². The van der Waals surface area contributed by atoms with Crippen LogP contribution in [0.15, 0.2) is 9.81 Å². The minimum atomic E-state index is 0.960. The van der Waals surface area contributed by atoms with Gasteiger partial charge in [0.2, 0.25) is 0 Å². The first-order chi connectivity index (χ1) is 4.80. The molecule has 1 rings (SSSR count). The van der Waals surface area contributed by atoms with Crippen LogP contribution in [0.2, 0.25) is 0 Å². The van der Waals surface area contributed by atoms with E-state index < -0.39 is 0 Å². The summed E-state index contributed by atoms with van der Waals surface area (Å²) in [5.41, 5.74) is 1.46. The van der Waals surface area contributed by atoms with Crippen molar-refractivity contribution in [1.29, 1.82) is 0 Å². The van der Waals surface area contributed by atoms with E-state index in [-0.39, 0.29) is 0 Å². The Morgan fingerprint density at radius 3 is 1.80 bits per heavy atom. The second-order valence-electron chi connectivity index (χ2n) is 2.84. The van der Waals surface area contributed by atoms with Crippen LogP contribution in [-0.2, 0) is 0 Å². The van der Waals surface area contributed by atoms with Crippen LogP contribution < -0.4 is 0 Å². The van der Waals surface area contributed by atoms with Gasteiger partial charge in [-0.15, -0.1) is 25.3 Å². The second-order valence-corrected chi connectivity index (χ2v) is 4.09. The highest BCUT2D eigenvalue weighted by molar-refractivity contribution is 8.05. The summed E-state index contributed by atoms with van der Waals surface area (Å²) in [6.07, 6.45) is 7.89. The molecule has 0 N–H and O–H groups in total. The first-order valence-electron chi connectivity index (χ1n) is 3.90. The number of hydrogen-bond donors (Lipinski definition) is 2. The van der Waals surface area contributed by atoms with Crippen LogP contribution >= 0.6 is 25.3 Å². The van der Waals surface area contributed by atoms with E-state index in [9.17, 15) is 0 Å². The molecule has 0 aliphatic heterocycles. The van der Waals surface area contributed by atoms with E-state index in [1.165, 1.54) is 44.1 Å². The van der Waals surface area contributed by atoms with Gasteiger partial charge in [0, 0.05) is 4.24 Å². The molecule has 0 bridgehead atoms. The SMILES string of the molecule is SC(S)=C1CCCCCC1. The molecule has 1 fully saturated rings. The molecule has 0 unspecified atom stereocenters. The molecular weight excluding hydrogens is 160 g/mol. The molecule has 0 spiro atoms. The monoisotopic (exact) mass is 174 g/mol. The first kappa shape index (κ1) is 8.54. The predicted octanol–water partition coefficient (Wildman–Crippen LogP) is 3.41. The molecule has 0 radical (unpaired) electrons. The fourth-order valence-corrected chi connectivity index (χ4v) is 1.83. The summed E-state index contributed by atoms with van der Waals surface area (Å²) in [5.74, 6) is 0. The molecule has 0 aromatic rings. The van der Waals surface area contributed by atoms with E-state index >= 15 is 0 Å². The quantitative estimate of drug-likeness (QED) is 0.408. The van der Waals surface area contributed by atoms with Crippen molar-refractivity contribution in [3.63, 3.8) is 0 Å². The molecule has 0 saturated heterocycles. The van der Waals surface area contributed by atoms with Crippen molar-refractivity contribution in [3.05, 3.63) is 9.81 Å². The van der Waals surface area contributed by atoms with Gasteiger partial charge >= 0.3 is 0 Å². The van der Waals surface area contributed by atoms with E-state index in [2.05, 4.69) is 25.3 Å². The number of rotatable bonds is 0. The molecule has 0 atom stereocenters. The van der Waals surface area contributed by atoms with Gasteiger partial charge in [0.05, 0.1) is 0 Å². The van der Waals surface area contributed by atoms with E-state index in [1.807, 2.05) is 0 Å². The first-order valence-corrected chi connectivity index (χ1v) is 4.80. The van der Waals surface area contributed by atoms with Crippen LogP contribution in [0.1, 0.15) is 38.5 Å². The Morgan fingerprint density at radius 2 is 1.40 bits per heavy atom. The summed E-state index contributed by atoms with van der Waals surface area (Å²) >= 11 is 8.47. The van der Waals surface area contributed by atoms with Gasteiger partial charge in [0.25, 0.3) is 0 Å². The summed E-state index contributed by atoms with van der Waals surface area (Å²) in [5, 5.41) is 0. The van der Waals surface area contributed by atoms with Gasteiger partial charge < -0.3 is 0 Å². The maximum absolute atomic E-state index is 4.23. The lowest BCUT2D eigenvalue weighted by Gasteiger charge is -2.01. The van der Waals surface area contributed by atoms with Crippen molar-refractivity contribution in [2.45, 2.75) is 38.5 Å². The Labute approximate surface area is 73.9 Å². The van der Waals surface area contributed by atoms with Crippen molar-refractivity contribution in [1.82, 2.24) is 0 Å². The van der Waals surface area contributed by atoms with E-state index in [1.54, 1.807) is 0 Å². The van der Waals surface area contributed by atoms with Gasteiger partial charge in [0.1, 0.15) is 0 Å². The molecule has 0 nitrogen and oxygen atoms in total. The molecule has 10 heavy (non-hydrogen) atoms. The Hall–Kier alpha value is 0.440. The predicted molar refractivity (Wildman–Crippen MR) is 52.7 cm³/mol. The van der Waals surface area contributed by atoms with Crippen LogP contribution in [-0.4, -0.2) is 0 Å². The summed E-state index contributed by atoms with van der Waals surface area (Å²) in [6, 6.07) is 0. The van der Waals surface area contributed by atoms with Gasteiger partial charge in [-0.1, -0.05) is 18.4 Å². The maximum atomic E-state index is 4.23. The normalized spacial score (nSPS) is 20.4. The topological polar surface area (TPSA) is 0 Å². The molecule has 1 saturated carbocycles. The Morgan fingerprint density at radius 1 is 0.900 bits per heavy atom. The van der Waals surface area contributed by atoms with Gasteiger partial charge in [-0.3, -0.25) is 0 Å². The van der Waals surface area contributed by atoms with E-state index in [0.717, 1.165) is 4.24 Å².